The van der Waals surface area contributed by atoms with Crippen molar-refractivity contribution in [3.8, 4) is 0 Å². The van der Waals surface area contributed by atoms with E-state index >= 15 is 0 Å². The molecule has 1 aromatic rings. The molecule has 0 bridgehead atoms. The first-order valence-electron chi connectivity index (χ1n) is 7.84. The first-order chi connectivity index (χ1) is 9.42. The summed E-state index contributed by atoms with van der Waals surface area (Å²) in [6, 6.07) is 7.59. The zero-order chi connectivity index (χ0) is 14.8. The minimum absolute atomic E-state index is 0.441. The van der Waals surface area contributed by atoms with Crippen LogP contribution < -0.4 is 5.32 Å². The molecule has 2 heteroatoms. The van der Waals surface area contributed by atoms with E-state index in [1.54, 1.807) is 0 Å². The fraction of sp³-hybridized carbons (Fsp3) is 0.667. The van der Waals surface area contributed by atoms with E-state index in [9.17, 15) is 0 Å². The molecular weight excluding hydrogens is 262 g/mol. The molecule has 0 aromatic heterocycles. The predicted molar refractivity (Wildman–Crippen MR) is 91.5 cm³/mol. The van der Waals surface area contributed by atoms with Crippen molar-refractivity contribution in [2.24, 2.45) is 5.41 Å². The van der Waals surface area contributed by atoms with Gasteiger partial charge < -0.3 is 5.32 Å². The molecule has 0 saturated heterocycles. The smallest absolute Gasteiger partial charge is 0.0237 e. The largest absolute Gasteiger partial charge is 0.313 e. The van der Waals surface area contributed by atoms with E-state index in [4.69, 9.17) is 0 Å². The number of benzene rings is 1. The van der Waals surface area contributed by atoms with Crippen LogP contribution in [0.3, 0.4) is 0 Å². The normalized spacial score (nSPS) is 25.1. The van der Waals surface area contributed by atoms with Gasteiger partial charge in [-0.15, -0.1) is 0 Å². The van der Waals surface area contributed by atoms with Gasteiger partial charge in [-0.2, -0.15) is 11.8 Å². The number of nitrogens with one attached hydrogen (secondary N) is 1. The summed E-state index contributed by atoms with van der Waals surface area (Å²) in [4.78, 5) is 0. The van der Waals surface area contributed by atoms with E-state index in [0.717, 1.165) is 17.5 Å². The lowest BCUT2D eigenvalue weighted by atomic mass is 9.87. The Kier molecular flexibility index (Phi) is 5.19. The van der Waals surface area contributed by atoms with Crippen LogP contribution in [0, 0.1) is 19.3 Å². The van der Waals surface area contributed by atoms with E-state index in [1.165, 1.54) is 29.5 Å². The lowest BCUT2D eigenvalue weighted by molar-refractivity contribution is 0.290. The van der Waals surface area contributed by atoms with E-state index in [-0.39, 0.29) is 0 Å². The van der Waals surface area contributed by atoms with Gasteiger partial charge in [-0.1, -0.05) is 50.1 Å². The second kappa shape index (κ2) is 6.53. The Morgan fingerprint density at radius 1 is 1.20 bits per heavy atom. The molecule has 0 aliphatic heterocycles. The van der Waals surface area contributed by atoms with Crippen LogP contribution in [0.2, 0.25) is 0 Å². The Hall–Kier alpha value is -0.470. The highest BCUT2D eigenvalue weighted by atomic mass is 32.2. The molecule has 1 N–H and O–H groups in total. The van der Waals surface area contributed by atoms with E-state index < -0.39 is 0 Å². The molecule has 112 valence electrons. The van der Waals surface area contributed by atoms with E-state index in [1.807, 2.05) is 0 Å². The zero-order valence-corrected chi connectivity index (χ0v) is 14.4. The van der Waals surface area contributed by atoms with Gasteiger partial charge in [0.2, 0.25) is 0 Å². The minimum Gasteiger partial charge on any atom is -0.313 e. The fourth-order valence-electron chi connectivity index (χ4n) is 3.50. The quantitative estimate of drug-likeness (QED) is 0.843. The van der Waals surface area contributed by atoms with Gasteiger partial charge in [-0.05, 0) is 44.2 Å². The van der Waals surface area contributed by atoms with Crippen molar-refractivity contribution in [3.05, 3.63) is 34.9 Å². The standard InChI is InChI=1S/C18H29NS/c1-6-19-17-16(7-8-18(17,4)5)20-12-15-10-13(2)9-14(3)11-15/h9-11,16-17,19H,6-8,12H2,1-5H3. The number of rotatable bonds is 5. The van der Waals surface area contributed by atoms with Gasteiger partial charge in [0.25, 0.3) is 0 Å². The third kappa shape index (κ3) is 3.79. The van der Waals surface area contributed by atoms with E-state index in [2.05, 4.69) is 69.9 Å². The highest BCUT2D eigenvalue weighted by molar-refractivity contribution is 7.99. The molecule has 2 rings (SSSR count). The summed E-state index contributed by atoms with van der Waals surface area (Å²) in [5, 5.41) is 4.48. The van der Waals surface area contributed by atoms with Gasteiger partial charge in [0.15, 0.2) is 0 Å². The molecule has 1 aromatic carbocycles. The van der Waals surface area contributed by atoms with Gasteiger partial charge in [-0.3, -0.25) is 0 Å². The summed E-state index contributed by atoms with van der Waals surface area (Å²) in [6.45, 7) is 12.5. The van der Waals surface area contributed by atoms with Gasteiger partial charge in [0.1, 0.15) is 0 Å². The van der Waals surface area contributed by atoms with Gasteiger partial charge in [0.05, 0.1) is 0 Å². The second-order valence-electron chi connectivity index (χ2n) is 6.91. The third-order valence-electron chi connectivity index (χ3n) is 4.46. The summed E-state index contributed by atoms with van der Waals surface area (Å²) in [6.07, 6.45) is 2.69. The summed E-state index contributed by atoms with van der Waals surface area (Å²) < 4.78 is 0. The van der Waals surface area contributed by atoms with Crippen LogP contribution in [0.4, 0.5) is 0 Å². The third-order valence-corrected chi connectivity index (χ3v) is 5.89. The lowest BCUT2D eigenvalue weighted by Crippen LogP contribution is -2.43. The van der Waals surface area contributed by atoms with E-state index in [0.29, 0.717) is 11.5 Å². The average Bonchev–Trinajstić information content (AvgIpc) is 2.62. The monoisotopic (exact) mass is 291 g/mol. The van der Waals surface area contributed by atoms with Gasteiger partial charge >= 0.3 is 0 Å². The number of hydrogen-bond donors (Lipinski definition) is 1. The minimum atomic E-state index is 0.441. The lowest BCUT2D eigenvalue weighted by Gasteiger charge is -2.31. The predicted octanol–water partition coefficient (Wildman–Crippen LogP) is 4.70. The van der Waals surface area contributed by atoms with Crippen molar-refractivity contribution in [2.45, 2.75) is 64.5 Å². The van der Waals surface area contributed by atoms with Crippen LogP contribution >= 0.6 is 11.8 Å². The van der Waals surface area contributed by atoms with Crippen LogP contribution in [0.5, 0.6) is 0 Å². The molecule has 20 heavy (non-hydrogen) atoms. The molecule has 2 atom stereocenters. The van der Waals surface area contributed by atoms with Crippen molar-refractivity contribution >= 4 is 11.8 Å². The Morgan fingerprint density at radius 3 is 2.45 bits per heavy atom. The summed E-state index contributed by atoms with van der Waals surface area (Å²) in [7, 11) is 0. The van der Waals surface area contributed by atoms with Crippen LogP contribution in [0.1, 0.15) is 50.3 Å². The molecule has 0 amide bonds. The maximum absolute atomic E-state index is 3.72. The first kappa shape index (κ1) is 15.9. The molecular formula is C18H29NS. The van der Waals surface area contributed by atoms with Crippen LogP contribution in [-0.2, 0) is 5.75 Å². The molecule has 0 spiro atoms. The topological polar surface area (TPSA) is 12.0 Å². The molecule has 1 saturated carbocycles. The van der Waals surface area contributed by atoms with Crippen LogP contribution in [0.15, 0.2) is 18.2 Å². The summed E-state index contributed by atoms with van der Waals surface area (Å²) >= 11 is 2.14. The number of thioether (sulfide) groups is 1. The fourth-order valence-corrected chi connectivity index (χ4v) is 5.02. The summed E-state index contributed by atoms with van der Waals surface area (Å²) in [5.74, 6) is 1.14. The van der Waals surface area contributed by atoms with Gasteiger partial charge in [0, 0.05) is 17.0 Å². The maximum Gasteiger partial charge on any atom is 0.0237 e. The molecule has 1 fully saturated rings. The van der Waals surface area contributed by atoms with Crippen molar-refractivity contribution in [1.29, 1.82) is 0 Å². The van der Waals surface area contributed by atoms with Crippen LogP contribution in [-0.4, -0.2) is 17.8 Å². The maximum atomic E-state index is 3.72. The molecule has 1 aliphatic rings. The Bertz CT molecular complexity index is 432. The molecule has 1 nitrogen and oxygen atoms in total. The Labute approximate surface area is 128 Å². The number of aryl methyl sites for hydroxylation is 2. The van der Waals surface area contributed by atoms with Crippen molar-refractivity contribution < 1.29 is 0 Å². The first-order valence-corrected chi connectivity index (χ1v) is 8.89. The molecule has 1 aliphatic carbocycles. The molecule has 0 heterocycles. The van der Waals surface area contributed by atoms with Gasteiger partial charge in [-0.25, -0.2) is 0 Å². The van der Waals surface area contributed by atoms with Crippen molar-refractivity contribution in [3.63, 3.8) is 0 Å². The van der Waals surface area contributed by atoms with Crippen molar-refractivity contribution in [1.82, 2.24) is 5.32 Å². The average molecular weight is 292 g/mol. The molecule has 2 unspecified atom stereocenters. The zero-order valence-electron chi connectivity index (χ0n) is 13.6. The highest BCUT2D eigenvalue weighted by Crippen LogP contribution is 2.43. The molecule has 0 radical (unpaired) electrons. The Balaban J connectivity index is 1.99. The number of hydrogen-bond acceptors (Lipinski definition) is 2. The van der Waals surface area contributed by atoms with Crippen molar-refractivity contribution in [2.75, 3.05) is 6.54 Å². The summed E-state index contributed by atoms with van der Waals surface area (Å²) in [5.41, 5.74) is 4.69. The highest BCUT2D eigenvalue weighted by Gasteiger charge is 2.41. The SMILES string of the molecule is CCNC1C(SCc2cc(C)cc(C)c2)CCC1(C)C. The van der Waals surface area contributed by atoms with Crippen LogP contribution in [0.25, 0.3) is 0 Å². The second-order valence-corrected chi connectivity index (χ2v) is 8.14. The Morgan fingerprint density at radius 2 is 1.85 bits per heavy atom.